The van der Waals surface area contributed by atoms with Crippen molar-refractivity contribution in [1.82, 2.24) is 4.98 Å². The van der Waals surface area contributed by atoms with Crippen LogP contribution in [0.3, 0.4) is 0 Å². The van der Waals surface area contributed by atoms with E-state index in [1.807, 2.05) is 19.1 Å². The Morgan fingerprint density at radius 2 is 1.80 bits per heavy atom. The first-order valence-corrected chi connectivity index (χ1v) is 6.30. The Hall–Kier alpha value is -1.88. The second-order valence-corrected chi connectivity index (χ2v) is 4.50. The van der Waals surface area contributed by atoms with Crippen LogP contribution in [0.25, 0.3) is 0 Å². The maximum Gasteiger partial charge on any atom is 0.416 e. The van der Waals surface area contributed by atoms with E-state index < -0.39 is 17.8 Å². The summed E-state index contributed by atoms with van der Waals surface area (Å²) in [6, 6.07) is 8.12. The molecule has 2 N–H and O–H groups in total. The van der Waals surface area contributed by atoms with Gasteiger partial charge in [0.2, 0.25) is 0 Å². The van der Waals surface area contributed by atoms with Gasteiger partial charge in [-0.05, 0) is 35.7 Å². The largest absolute Gasteiger partial charge is 0.416 e. The summed E-state index contributed by atoms with van der Waals surface area (Å²) >= 11 is 0. The summed E-state index contributed by atoms with van der Waals surface area (Å²) in [6.45, 7) is 1.99. The van der Waals surface area contributed by atoms with Crippen molar-refractivity contribution < 1.29 is 13.2 Å². The number of alkyl halides is 3. The molecule has 0 aliphatic carbocycles. The SMILES string of the molecule is CCc1cccnc1C(N)c1ccc(C(F)(F)F)cc1. The molecular weight excluding hydrogens is 265 g/mol. The number of aryl methyl sites for hydroxylation is 1. The Bertz CT molecular complexity index is 576. The molecule has 2 aromatic rings. The fourth-order valence-electron chi connectivity index (χ4n) is 2.07. The van der Waals surface area contributed by atoms with Crippen molar-refractivity contribution in [1.29, 1.82) is 0 Å². The minimum absolute atomic E-state index is 0.520. The van der Waals surface area contributed by atoms with Gasteiger partial charge in [0.05, 0.1) is 17.3 Å². The molecule has 1 atom stereocenters. The van der Waals surface area contributed by atoms with Crippen LogP contribution in [-0.4, -0.2) is 4.98 Å². The van der Waals surface area contributed by atoms with Crippen LogP contribution in [0.2, 0.25) is 0 Å². The minimum atomic E-state index is -4.33. The lowest BCUT2D eigenvalue weighted by Gasteiger charge is -2.16. The highest BCUT2D eigenvalue weighted by atomic mass is 19.4. The van der Waals surface area contributed by atoms with Crippen LogP contribution < -0.4 is 5.73 Å². The summed E-state index contributed by atoms with van der Waals surface area (Å²) in [7, 11) is 0. The van der Waals surface area contributed by atoms with E-state index in [1.54, 1.807) is 6.20 Å². The molecule has 0 amide bonds. The van der Waals surface area contributed by atoms with Gasteiger partial charge in [0.1, 0.15) is 0 Å². The van der Waals surface area contributed by atoms with E-state index in [1.165, 1.54) is 12.1 Å². The molecule has 5 heteroatoms. The minimum Gasteiger partial charge on any atom is -0.319 e. The number of benzene rings is 1. The summed E-state index contributed by atoms with van der Waals surface area (Å²) in [4.78, 5) is 4.25. The average molecular weight is 280 g/mol. The van der Waals surface area contributed by atoms with Gasteiger partial charge in [-0.3, -0.25) is 4.98 Å². The van der Waals surface area contributed by atoms with Gasteiger partial charge in [-0.15, -0.1) is 0 Å². The molecule has 0 bridgehead atoms. The molecule has 106 valence electrons. The van der Waals surface area contributed by atoms with Crippen molar-refractivity contribution in [3.63, 3.8) is 0 Å². The molecule has 0 aliphatic heterocycles. The zero-order chi connectivity index (χ0) is 14.8. The second-order valence-electron chi connectivity index (χ2n) is 4.50. The first-order valence-electron chi connectivity index (χ1n) is 6.30. The summed E-state index contributed by atoms with van der Waals surface area (Å²) in [5.41, 5.74) is 7.75. The molecule has 0 fully saturated rings. The summed E-state index contributed by atoms with van der Waals surface area (Å²) in [5.74, 6) is 0. The maximum absolute atomic E-state index is 12.5. The molecule has 0 saturated carbocycles. The Morgan fingerprint density at radius 3 is 2.35 bits per heavy atom. The van der Waals surface area contributed by atoms with Crippen LogP contribution >= 0.6 is 0 Å². The van der Waals surface area contributed by atoms with Crippen LogP contribution in [-0.2, 0) is 12.6 Å². The first-order chi connectivity index (χ1) is 9.43. The molecule has 1 aromatic carbocycles. The lowest BCUT2D eigenvalue weighted by molar-refractivity contribution is -0.137. The number of aromatic nitrogens is 1. The molecular formula is C15H15F3N2. The van der Waals surface area contributed by atoms with Crippen LogP contribution in [0.1, 0.15) is 35.3 Å². The van der Waals surface area contributed by atoms with Gasteiger partial charge < -0.3 is 5.73 Å². The molecule has 0 spiro atoms. The third-order valence-electron chi connectivity index (χ3n) is 3.20. The van der Waals surface area contributed by atoms with Gasteiger partial charge in [-0.2, -0.15) is 13.2 Å². The summed E-state index contributed by atoms with van der Waals surface area (Å²) in [6.07, 6.45) is -1.92. The summed E-state index contributed by atoms with van der Waals surface area (Å²) < 4.78 is 37.6. The number of rotatable bonds is 3. The Morgan fingerprint density at radius 1 is 1.15 bits per heavy atom. The van der Waals surface area contributed by atoms with E-state index in [0.29, 0.717) is 11.3 Å². The van der Waals surface area contributed by atoms with Crippen molar-refractivity contribution in [2.75, 3.05) is 0 Å². The van der Waals surface area contributed by atoms with E-state index in [4.69, 9.17) is 5.73 Å². The zero-order valence-corrected chi connectivity index (χ0v) is 11.0. The predicted octanol–water partition coefficient (Wildman–Crippen LogP) is 3.71. The first kappa shape index (κ1) is 14.5. The van der Waals surface area contributed by atoms with Crippen LogP contribution in [0, 0.1) is 0 Å². The molecule has 2 nitrogen and oxygen atoms in total. The normalized spacial score (nSPS) is 13.2. The molecule has 20 heavy (non-hydrogen) atoms. The van der Waals surface area contributed by atoms with Crippen LogP contribution in [0.4, 0.5) is 13.2 Å². The maximum atomic E-state index is 12.5. The number of halogens is 3. The fourth-order valence-corrected chi connectivity index (χ4v) is 2.07. The second kappa shape index (κ2) is 5.63. The number of hydrogen-bond donors (Lipinski definition) is 1. The molecule has 1 aromatic heterocycles. The Balaban J connectivity index is 2.32. The van der Waals surface area contributed by atoms with E-state index in [0.717, 1.165) is 24.1 Å². The highest BCUT2D eigenvalue weighted by Gasteiger charge is 2.30. The van der Waals surface area contributed by atoms with Crippen LogP contribution in [0.15, 0.2) is 42.6 Å². The van der Waals surface area contributed by atoms with Crippen LogP contribution in [0.5, 0.6) is 0 Å². The molecule has 1 unspecified atom stereocenters. The zero-order valence-electron chi connectivity index (χ0n) is 11.0. The number of nitrogens with two attached hydrogens (primary N) is 1. The quantitative estimate of drug-likeness (QED) is 0.930. The number of pyridine rings is 1. The van der Waals surface area contributed by atoms with Gasteiger partial charge in [-0.1, -0.05) is 25.1 Å². The molecule has 2 rings (SSSR count). The van der Waals surface area contributed by atoms with Crippen molar-refractivity contribution in [3.05, 3.63) is 65.0 Å². The van der Waals surface area contributed by atoms with Gasteiger partial charge in [0, 0.05) is 6.20 Å². The van der Waals surface area contributed by atoms with Gasteiger partial charge in [-0.25, -0.2) is 0 Å². The lowest BCUT2D eigenvalue weighted by Crippen LogP contribution is -2.16. The van der Waals surface area contributed by atoms with E-state index in [-0.39, 0.29) is 0 Å². The average Bonchev–Trinajstić information content (AvgIpc) is 2.45. The lowest BCUT2D eigenvalue weighted by atomic mass is 9.98. The van der Waals surface area contributed by atoms with Crippen molar-refractivity contribution in [2.45, 2.75) is 25.6 Å². The Labute approximate surface area is 115 Å². The topological polar surface area (TPSA) is 38.9 Å². The predicted molar refractivity (Wildman–Crippen MR) is 71.1 cm³/mol. The molecule has 0 aliphatic rings. The van der Waals surface area contributed by atoms with E-state index >= 15 is 0 Å². The highest BCUT2D eigenvalue weighted by Crippen LogP contribution is 2.30. The van der Waals surface area contributed by atoms with Gasteiger partial charge >= 0.3 is 6.18 Å². The van der Waals surface area contributed by atoms with E-state index in [2.05, 4.69) is 4.98 Å². The molecule has 0 saturated heterocycles. The fraction of sp³-hybridized carbons (Fsp3) is 0.267. The summed E-state index contributed by atoms with van der Waals surface area (Å²) in [5, 5.41) is 0. The number of hydrogen-bond acceptors (Lipinski definition) is 2. The molecule has 1 heterocycles. The van der Waals surface area contributed by atoms with Crippen molar-refractivity contribution >= 4 is 0 Å². The monoisotopic (exact) mass is 280 g/mol. The highest BCUT2D eigenvalue weighted by molar-refractivity contribution is 5.34. The van der Waals surface area contributed by atoms with E-state index in [9.17, 15) is 13.2 Å². The van der Waals surface area contributed by atoms with Gasteiger partial charge in [0.25, 0.3) is 0 Å². The van der Waals surface area contributed by atoms with Gasteiger partial charge in [0.15, 0.2) is 0 Å². The third-order valence-corrected chi connectivity index (χ3v) is 3.20. The van der Waals surface area contributed by atoms with Crippen molar-refractivity contribution in [2.24, 2.45) is 5.73 Å². The molecule has 0 radical (unpaired) electrons. The Kier molecular flexibility index (Phi) is 4.09. The number of nitrogens with zero attached hydrogens (tertiary/aromatic N) is 1. The third kappa shape index (κ3) is 2.99. The smallest absolute Gasteiger partial charge is 0.319 e. The van der Waals surface area contributed by atoms with Crippen molar-refractivity contribution in [3.8, 4) is 0 Å². The standard InChI is InChI=1S/C15H15F3N2/c1-2-10-4-3-9-20-14(10)13(19)11-5-7-12(8-6-11)15(16,17)18/h3-9,13H,2,19H2,1H3.